The number of nitrogens with one attached hydrogen (secondary N) is 1. The molecule has 8 heteroatoms. The summed E-state index contributed by atoms with van der Waals surface area (Å²) in [6, 6.07) is 9.27. The number of methoxy groups -OCH3 is 1. The van der Waals surface area contributed by atoms with Gasteiger partial charge in [-0.3, -0.25) is 0 Å². The Kier molecular flexibility index (Phi) is 7.87. The van der Waals surface area contributed by atoms with Gasteiger partial charge in [0.05, 0.1) is 18.8 Å². The van der Waals surface area contributed by atoms with Crippen LogP contribution in [-0.2, 0) is 12.6 Å². The first-order valence-electron chi connectivity index (χ1n) is 8.21. The van der Waals surface area contributed by atoms with E-state index in [-0.39, 0.29) is 23.9 Å². The number of alkyl halides is 4. The molecular weight excluding hydrogens is 477 g/mol. The lowest BCUT2D eigenvalue weighted by atomic mass is 10.0. The quantitative estimate of drug-likeness (QED) is 0.320. The summed E-state index contributed by atoms with van der Waals surface area (Å²) in [5.74, 6) is -0.288. The normalized spacial score (nSPS) is 14.0. The van der Waals surface area contributed by atoms with Crippen molar-refractivity contribution in [2.45, 2.75) is 24.7 Å². The summed E-state index contributed by atoms with van der Waals surface area (Å²) in [7, 11) is 1.39. The lowest BCUT2D eigenvalue weighted by molar-refractivity contribution is -0.137. The fraction of sp³-hybridized carbons (Fsp3) is 0.368. The maximum absolute atomic E-state index is 13.8. The first-order valence-corrected chi connectivity index (χ1v) is 9.74. The highest BCUT2D eigenvalue weighted by molar-refractivity contribution is 14.1. The molecule has 0 radical (unpaired) electrons. The molecule has 0 aliphatic rings. The zero-order valence-corrected chi connectivity index (χ0v) is 16.7. The Morgan fingerprint density at radius 3 is 2.52 bits per heavy atom. The first-order chi connectivity index (χ1) is 12.7. The maximum Gasteiger partial charge on any atom is 0.416 e. The Balaban J connectivity index is 1.98. The summed E-state index contributed by atoms with van der Waals surface area (Å²) < 4.78 is 57.7. The summed E-state index contributed by atoms with van der Waals surface area (Å²) in [4.78, 5) is 0. The van der Waals surface area contributed by atoms with Gasteiger partial charge in [-0.05, 0) is 41.8 Å². The van der Waals surface area contributed by atoms with Gasteiger partial charge in [0.15, 0.2) is 11.6 Å². The third-order valence-corrected chi connectivity index (χ3v) is 5.15. The summed E-state index contributed by atoms with van der Waals surface area (Å²) >= 11 is 2.16. The van der Waals surface area contributed by atoms with E-state index in [1.165, 1.54) is 25.3 Å². The van der Waals surface area contributed by atoms with Crippen LogP contribution in [0.5, 0.6) is 5.75 Å². The monoisotopic (exact) mass is 497 g/mol. The molecule has 2 rings (SSSR count). The van der Waals surface area contributed by atoms with Crippen LogP contribution in [0.4, 0.5) is 17.6 Å². The van der Waals surface area contributed by atoms with E-state index in [1.807, 2.05) is 0 Å². The van der Waals surface area contributed by atoms with Crippen LogP contribution in [0, 0.1) is 5.82 Å². The number of ether oxygens (including phenoxy) is 1. The molecule has 2 aromatic rings. The summed E-state index contributed by atoms with van der Waals surface area (Å²) in [5, 5.41) is 13.4. The van der Waals surface area contributed by atoms with Crippen LogP contribution < -0.4 is 10.1 Å². The fourth-order valence-corrected chi connectivity index (χ4v) is 3.24. The topological polar surface area (TPSA) is 41.5 Å². The van der Waals surface area contributed by atoms with Crippen molar-refractivity contribution < 1.29 is 27.4 Å². The van der Waals surface area contributed by atoms with Crippen molar-refractivity contribution in [1.29, 1.82) is 0 Å². The Bertz CT molecular complexity index is 755. The molecule has 27 heavy (non-hydrogen) atoms. The highest BCUT2D eigenvalue weighted by Gasteiger charge is 2.30. The smallest absolute Gasteiger partial charge is 0.416 e. The Morgan fingerprint density at radius 2 is 1.93 bits per heavy atom. The van der Waals surface area contributed by atoms with Gasteiger partial charge in [-0.1, -0.05) is 40.8 Å². The number of benzene rings is 2. The summed E-state index contributed by atoms with van der Waals surface area (Å²) in [6.45, 7) is 0.0909. The number of hydrogen-bond donors (Lipinski definition) is 2. The molecule has 2 aromatic carbocycles. The van der Waals surface area contributed by atoms with Crippen LogP contribution >= 0.6 is 22.6 Å². The minimum Gasteiger partial charge on any atom is -0.494 e. The standard InChI is InChI=1S/C19H20F4INO2/c1-27-18-6-5-12(8-16(18)20)7-15(10-24)25-11-17(26)13-3-2-4-14(9-13)19(21,22)23/h2-6,8-9,15,17,25-26H,7,10-11H2,1H3. The Labute approximate surface area is 168 Å². The number of aliphatic hydroxyl groups is 1. The van der Waals surface area contributed by atoms with Gasteiger partial charge in [-0.25, -0.2) is 4.39 Å². The van der Waals surface area contributed by atoms with Gasteiger partial charge < -0.3 is 15.2 Å². The third kappa shape index (κ3) is 6.32. The van der Waals surface area contributed by atoms with E-state index in [1.54, 1.807) is 12.1 Å². The van der Waals surface area contributed by atoms with Gasteiger partial charge in [0.1, 0.15) is 0 Å². The lowest BCUT2D eigenvalue weighted by Crippen LogP contribution is -2.35. The molecule has 0 fully saturated rings. The van der Waals surface area contributed by atoms with Crippen molar-refractivity contribution in [1.82, 2.24) is 5.32 Å². The second kappa shape index (κ2) is 9.70. The van der Waals surface area contributed by atoms with Crippen LogP contribution in [-0.4, -0.2) is 29.2 Å². The van der Waals surface area contributed by atoms with Crippen molar-refractivity contribution in [3.05, 3.63) is 65.0 Å². The Morgan fingerprint density at radius 1 is 1.19 bits per heavy atom. The average molecular weight is 497 g/mol. The zero-order chi connectivity index (χ0) is 20.0. The van der Waals surface area contributed by atoms with E-state index in [0.717, 1.165) is 17.7 Å². The number of aliphatic hydroxyl groups excluding tert-OH is 1. The molecule has 2 N–H and O–H groups in total. The molecule has 0 amide bonds. The molecular formula is C19H20F4INO2. The van der Waals surface area contributed by atoms with E-state index in [4.69, 9.17) is 4.74 Å². The molecule has 0 bridgehead atoms. The predicted molar refractivity (Wildman–Crippen MR) is 104 cm³/mol. The van der Waals surface area contributed by atoms with Gasteiger partial charge >= 0.3 is 6.18 Å². The average Bonchev–Trinajstić information content (AvgIpc) is 2.64. The fourth-order valence-electron chi connectivity index (χ4n) is 2.62. The highest BCUT2D eigenvalue weighted by Crippen LogP contribution is 2.30. The van der Waals surface area contributed by atoms with Gasteiger partial charge in [0.25, 0.3) is 0 Å². The number of rotatable bonds is 8. The second-order valence-electron chi connectivity index (χ2n) is 6.07. The zero-order valence-electron chi connectivity index (χ0n) is 14.6. The summed E-state index contributed by atoms with van der Waals surface area (Å²) in [6.07, 6.45) is -5.02. The molecule has 3 nitrogen and oxygen atoms in total. The second-order valence-corrected chi connectivity index (χ2v) is 6.95. The SMILES string of the molecule is COc1ccc(CC(CI)NCC(O)c2cccc(C(F)(F)F)c2)cc1F. The largest absolute Gasteiger partial charge is 0.494 e. The van der Waals surface area contributed by atoms with E-state index < -0.39 is 23.7 Å². The molecule has 0 saturated carbocycles. The maximum atomic E-state index is 13.8. The summed E-state index contributed by atoms with van der Waals surface area (Å²) in [5.41, 5.74) is 0.161. The molecule has 148 valence electrons. The van der Waals surface area contributed by atoms with Crippen molar-refractivity contribution in [2.24, 2.45) is 0 Å². The number of hydrogen-bond acceptors (Lipinski definition) is 3. The third-order valence-electron chi connectivity index (χ3n) is 4.08. The molecule has 0 heterocycles. The van der Waals surface area contributed by atoms with Gasteiger partial charge in [-0.2, -0.15) is 13.2 Å². The van der Waals surface area contributed by atoms with Crippen LogP contribution in [0.25, 0.3) is 0 Å². The van der Waals surface area contributed by atoms with E-state index >= 15 is 0 Å². The van der Waals surface area contributed by atoms with Crippen LogP contribution in [0.2, 0.25) is 0 Å². The first kappa shape index (κ1) is 21.9. The molecule has 2 unspecified atom stereocenters. The molecule has 0 saturated heterocycles. The lowest BCUT2D eigenvalue weighted by Gasteiger charge is -2.20. The molecule has 0 aliphatic carbocycles. The van der Waals surface area contributed by atoms with Gasteiger partial charge in [-0.15, -0.1) is 0 Å². The minimum atomic E-state index is -4.45. The van der Waals surface area contributed by atoms with Crippen LogP contribution in [0.15, 0.2) is 42.5 Å². The molecule has 0 aliphatic heterocycles. The molecule has 0 spiro atoms. The van der Waals surface area contributed by atoms with Crippen molar-refractivity contribution in [2.75, 3.05) is 18.1 Å². The van der Waals surface area contributed by atoms with E-state index in [0.29, 0.717) is 10.8 Å². The molecule has 2 atom stereocenters. The Hall–Kier alpha value is -1.39. The molecule has 0 aromatic heterocycles. The highest BCUT2D eigenvalue weighted by atomic mass is 127. The van der Waals surface area contributed by atoms with E-state index in [9.17, 15) is 22.7 Å². The van der Waals surface area contributed by atoms with Gasteiger partial charge in [0, 0.05) is 17.0 Å². The van der Waals surface area contributed by atoms with Crippen LogP contribution in [0.1, 0.15) is 22.8 Å². The van der Waals surface area contributed by atoms with Crippen molar-refractivity contribution >= 4 is 22.6 Å². The predicted octanol–water partition coefficient (Wildman–Crippen LogP) is 4.52. The number of halogens is 5. The van der Waals surface area contributed by atoms with Crippen molar-refractivity contribution in [3.8, 4) is 5.75 Å². The van der Waals surface area contributed by atoms with Crippen LogP contribution in [0.3, 0.4) is 0 Å². The minimum absolute atomic E-state index is 0.0705. The van der Waals surface area contributed by atoms with E-state index in [2.05, 4.69) is 27.9 Å². The van der Waals surface area contributed by atoms with Crippen molar-refractivity contribution in [3.63, 3.8) is 0 Å². The van der Waals surface area contributed by atoms with Gasteiger partial charge in [0.2, 0.25) is 0 Å².